The van der Waals surface area contributed by atoms with Gasteiger partial charge in [-0.25, -0.2) is 9.48 Å². The van der Waals surface area contributed by atoms with Crippen LogP contribution >= 0.6 is 0 Å². The highest BCUT2D eigenvalue weighted by Crippen LogP contribution is 2.25. The summed E-state index contributed by atoms with van der Waals surface area (Å²) >= 11 is 0. The largest absolute Gasteiger partial charge is 0.497 e. The molecule has 0 bridgehead atoms. The van der Waals surface area contributed by atoms with Crippen molar-refractivity contribution in [2.24, 2.45) is 0 Å². The Bertz CT molecular complexity index is 659. The van der Waals surface area contributed by atoms with Crippen LogP contribution in [-0.4, -0.2) is 28.0 Å². The van der Waals surface area contributed by atoms with E-state index in [0.717, 1.165) is 23.4 Å². The lowest BCUT2D eigenvalue weighted by Crippen LogP contribution is -2.08. The molecule has 1 heterocycles. The Morgan fingerprint density at radius 2 is 2.10 bits per heavy atom. The molecule has 2 aromatic rings. The van der Waals surface area contributed by atoms with Crippen LogP contribution < -0.4 is 4.74 Å². The lowest BCUT2D eigenvalue weighted by Gasteiger charge is -2.10. The first-order valence-electron chi connectivity index (χ1n) is 6.46. The van der Waals surface area contributed by atoms with E-state index in [1.54, 1.807) is 30.0 Å². The van der Waals surface area contributed by atoms with E-state index >= 15 is 0 Å². The maximum Gasteiger partial charge on any atom is 0.337 e. The SMILES string of the molecule is CCc1c(C)nn(-c2cc(OC)ccc2C(=O)O)c1C. The molecule has 0 aliphatic rings. The molecular formula is C15H18N2O3. The van der Waals surface area contributed by atoms with Crippen LogP contribution in [0.25, 0.3) is 5.69 Å². The molecule has 106 valence electrons. The van der Waals surface area contributed by atoms with Gasteiger partial charge in [-0.3, -0.25) is 0 Å². The van der Waals surface area contributed by atoms with Gasteiger partial charge in [-0.2, -0.15) is 5.10 Å². The molecule has 0 atom stereocenters. The number of methoxy groups -OCH3 is 1. The number of nitrogens with zero attached hydrogens (tertiary/aromatic N) is 2. The maximum atomic E-state index is 11.4. The van der Waals surface area contributed by atoms with Gasteiger partial charge in [0.1, 0.15) is 5.75 Å². The normalized spacial score (nSPS) is 10.6. The molecule has 0 fully saturated rings. The van der Waals surface area contributed by atoms with Crippen molar-refractivity contribution in [2.75, 3.05) is 7.11 Å². The number of aromatic carboxylic acids is 1. The Labute approximate surface area is 117 Å². The number of hydrogen-bond donors (Lipinski definition) is 1. The Morgan fingerprint density at radius 3 is 2.60 bits per heavy atom. The van der Waals surface area contributed by atoms with Gasteiger partial charge in [0.05, 0.1) is 24.1 Å². The van der Waals surface area contributed by atoms with Crippen LogP contribution in [0.2, 0.25) is 0 Å². The Kier molecular flexibility index (Phi) is 3.79. The fourth-order valence-electron chi connectivity index (χ4n) is 2.42. The highest BCUT2D eigenvalue weighted by molar-refractivity contribution is 5.92. The Morgan fingerprint density at radius 1 is 1.40 bits per heavy atom. The van der Waals surface area contributed by atoms with Gasteiger partial charge in [-0.15, -0.1) is 0 Å². The molecule has 1 aromatic carbocycles. The van der Waals surface area contributed by atoms with Crippen molar-refractivity contribution in [3.63, 3.8) is 0 Å². The van der Waals surface area contributed by atoms with Crippen LogP contribution in [0.3, 0.4) is 0 Å². The highest BCUT2D eigenvalue weighted by Gasteiger charge is 2.18. The molecule has 0 saturated carbocycles. The summed E-state index contributed by atoms with van der Waals surface area (Å²) in [6.07, 6.45) is 0.865. The topological polar surface area (TPSA) is 64.4 Å². The second-order valence-corrected chi connectivity index (χ2v) is 4.60. The van der Waals surface area contributed by atoms with E-state index in [-0.39, 0.29) is 5.56 Å². The second-order valence-electron chi connectivity index (χ2n) is 4.60. The van der Waals surface area contributed by atoms with Crippen LogP contribution in [0.5, 0.6) is 5.75 Å². The van der Waals surface area contributed by atoms with Crippen LogP contribution in [0.1, 0.15) is 34.2 Å². The number of hydrogen-bond acceptors (Lipinski definition) is 3. The molecule has 5 heteroatoms. The summed E-state index contributed by atoms with van der Waals surface area (Å²) in [5.74, 6) is -0.371. The van der Waals surface area contributed by atoms with Gasteiger partial charge in [0.15, 0.2) is 0 Å². The smallest absolute Gasteiger partial charge is 0.337 e. The van der Waals surface area contributed by atoms with Gasteiger partial charge >= 0.3 is 5.97 Å². The van der Waals surface area contributed by atoms with Crippen LogP contribution in [-0.2, 0) is 6.42 Å². The summed E-state index contributed by atoms with van der Waals surface area (Å²) in [6, 6.07) is 4.88. The fourth-order valence-corrected chi connectivity index (χ4v) is 2.42. The number of benzene rings is 1. The zero-order valence-electron chi connectivity index (χ0n) is 12.1. The summed E-state index contributed by atoms with van der Waals surface area (Å²) in [5, 5.41) is 13.8. The number of carbonyl (C=O) groups is 1. The highest BCUT2D eigenvalue weighted by atomic mass is 16.5. The lowest BCUT2D eigenvalue weighted by atomic mass is 10.1. The first-order valence-corrected chi connectivity index (χ1v) is 6.46. The summed E-state index contributed by atoms with van der Waals surface area (Å²) in [5.41, 5.74) is 3.75. The number of aryl methyl sites for hydroxylation is 1. The second kappa shape index (κ2) is 5.36. The predicted octanol–water partition coefficient (Wildman–Crippen LogP) is 2.76. The summed E-state index contributed by atoms with van der Waals surface area (Å²) in [7, 11) is 1.55. The van der Waals surface area contributed by atoms with Crippen molar-refractivity contribution in [2.45, 2.75) is 27.2 Å². The van der Waals surface area contributed by atoms with Crippen molar-refractivity contribution >= 4 is 5.97 Å². The van der Waals surface area contributed by atoms with E-state index in [9.17, 15) is 9.90 Å². The Hall–Kier alpha value is -2.30. The molecule has 0 radical (unpaired) electrons. The number of carboxylic acid groups (broad SMARTS) is 1. The minimum atomic E-state index is -0.978. The average molecular weight is 274 g/mol. The van der Waals surface area contributed by atoms with Crippen molar-refractivity contribution < 1.29 is 14.6 Å². The van der Waals surface area contributed by atoms with Gasteiger partial charge in [0.2, 0.25) is 0 Å². The minimum absolute atomic E-state index is 0.207. The molecule has 20 heavy (non-hydrogen) atoms. The summed E-state index contributed by atoms with van der Waals surface area (Å²) in [6.45, 7) is 5.94. The average Bonchev–Trinajstić information content (AvgIpc) is 2.72. The van der Waals surface area contributed by atoms with Crippen molar-refractivity contribution in [1.82, 2.24) is 9.78 Å². The minimum Gasteiger partial charge on any atom is -0.497 e. The zero-order chi connectivity index (χ0) is 14.9. The van der Waals surface area contributed by atoms with Gasteiger partial charge in [-0.1, -0.05) is 6.92 Å². The van der Waals surface area contributed by atoms with Gasteiger partial charge in [-0.05, 0) is 38.0 Å². The quantitative estimate of drug-likeness (QED) is 0.931. The fraction of sp³-hybridized carbons (Fsp3) is 0.333. The molecule has 2 rings (SSSR count). The number of rotatable bonds is 4. The predicted molar refractivity (Wildman–Crippen MR) is 75.9 cm³/mol. The number of ether oxygens (including phenoxy) is 1. The molecule has 1 N–H and O–H groups in total. The first-order chi connectivity index (χ1) is 9.49. The molecular weight excluding hydrogens is 256 g/mol. The van der Waals surface area contributed by atoms with E-state index in [2.05, 4.69) is 12.0 Å². The summed E-state index contributed by atoms with van der Waals surface area (Å²) in [4.78, 5) is 11.4. The zero-order valence-corrected chi connectivity index (χ0v) is 12.1. The molecule has 0 spiro atoms. The van der Waals surface area contributed by atoms with Crippen molar-refractivity contribution in [3.8, 4) is 11.4 Å². The molecule has 0 aliphatic heterocycles. The molecule has 5 nitrogen and oxygen atoms in total. The van der Waals surface area contributed by atoms with Gasteiger partial charge in [0.25, 0.3) is 0 Å². The molecule has 0 unspecified atom stereocenters. The number of aromatic nitrogens is 2. The van der Waals surface area contributed by atoms with Gasteiger partial charge < -0.3 is 9.84 Å². The van der Waals surface area contributed by atoms with E-state index in [0.29, 0.717) is 11.4 Å². The first kappa shape index (κ1) is 14.1. The maximum absolute atomic E-state index is 11.4. The lowest BCUT2D eigenvalue weighted by molar-refractivity contribution is 0.0696. The van der Waals surface area contributed by atoms with E-state index in [1.165, 1.54) is 0 Å². The molecule has 0 saturated heterocycles. The monoisotopic (exact) mass is 274 g/mol. The van der Waals surface area contributed by atoms with Crippen LogP contribution in [0.4, 0.5) is 0 Å². The molecule has 0 aliphatic carbocycles. The van der Waals surface area contributed by atoms with Crippen molar-refractivity contribution in [3.05, 3.63) is 40.7 Å². The third kappa shape index (κ3) is 2.27. The van der Waals surface area contributed by atoms with E-state index in [1.807, 2.05) is 13.8 Å². The van der Waals surface area contributed by atoms with Crippen LogP contribution in [0.15, 0.2) is 18.2 Å². The van der Waals surface area contributed by atoms with Gasteiger partial charge in [0, 0.05) is 11.8 Å². The molecule has 0 amide bonds. The van der Waals surface area contributed by atoms with Crippen molar-refractivity contribution in [1.29, 1.82) is 0 Å². The third-order valence-corrected chi connectivity index (χ3v) is 3.46. The van der Waals surface area contributed by atoms with E-state index < -0.39 is 5.97 Å². The standard InChI is InChI=1S/C15H18N2O3/c1-5-12-9(2)16-17(10(12)3)14-8-11(20-4)6-7-13(14)15(18)19/h6-8H,5H2,1-4H3,(H,18,19). The van der Waals surface area contributed by atoms with Crippen LogP contribution in [0, 0.1) is 13.8 Å². The third-order valence-electron chi connectivity index (χ3n) is 3.46. The number of carboxylic acids is 1. The van der Waals surface area contributed by atoms with E-state index in [4.69, 9.17) is 4.74 Å². The summed E-state index contributed by atoms with van der Waals surface area (Å²) < 4.78 is 6.86. The molecule has 1 aromatic heterocycles. The Balaban J connectivity index is 2.70.